The Morgan fingerprint density at radius 3 is 2.20 bits per heavy atom. The third-order valence-electron chi connectivity index (χ3n) is 5.39. The molecule has 0 radical (unpaired) electrons. The van der Waals surface area contributed by atoms with Gasteiger partial charge in [0.05, 0.1) is 5.69 Å². The van der Waals surface area contributed by atoms with Crippen molar-refractivity contribution in [1.82, 2.24) is 20.2 Å². The van der Waals surface area contributed by atoms with E-state index >= 15 is 0 Å². The van der Waals surface area contributed by atoms with Crippen LogP contribution in [-0.2, 0) is 0 Å². The topological polar surface area (TPSA) is 120 Å². The largest absolute Gasteiger partial charge is 0.325 e. The van der Waals surface area contributed by atoms with Gasteiger partial charge >= 0.3 is 6.03 Å². The van der Waals surface area contributed by atoms with Crippen molar-refractivity contribution < 1.29 is 4.79 Å². The number of anilines is 6. The highest BCUT2D eigenvalue weighted by Gasteiger charge is 2.09. The Labute approximate surface area is 204 Å². The van der Waals surface area contributed by atoms with E-state index in [1.54, 1.807) is 0 Å². The van der Waals surface area contributed by atoms with Gasteiger partial charge in [0.15, 0.2) is 0 Å². The monoisotopic (exact) mass is 470 g/mol. The van der Waals surface area contributed by atoms with E-state index in [9.17, 15) is 4.79 Å². The summed E-state index contributed by atoms with van der Waals surface area (Å²) in [6.07, 6.45) is 0. The minimum absolute atomic E-state index is 0.297. The van der Waals surface area contributed by atoms with E-state index in [0.717, 1.165) is 34.1 Å². The Kier molecular flexibility index (Phi) is 6.96. The highest BCUT2D eigenvalue weighted by molar-refractivity contribution is 6.00. The van der Waals surface area contributed by atoms with Crippen LogP contribution >= 0.6 is 0 Å². The standard InChI is InChI=1S/C26H30N8O/c1-15(2)19-6-8-20(9-7-19)28-26(35)29-21-10-11-22(16(3)12-21)30-25-27-17(4)13-23(32-25)31-24-14-18(5)33-34-24/h6-15H,1-5H3,(H2,28,29,35)(H3,27,30,31,32,33,34). The quantitative estimate of drug-likeness (QED) is 0.214. The number of aryl methyl sites for hydroxylation is 3. The van der Waals surface area contributed by atoms with Gasteiger partial charge in [0, 0.05) is 34.9 Å². The number of hydrogen-bond donors (Lipinski definition) is 5. The van der Waals surface area contributed by atoms with Crippen LogP contribution in [0.3, 0.4) is 0 Å². The third kappa shape index (κ3) is 6.35. The van der Waals surface area contributed by atoms with Gasteiger partial charge in [-0.3, -0.25) is 5.10 Å². The molecule has 0 saturated carbocycles. The number of nitrogens with one attached hydrogen (secondary N) is 5. The number of benzene rings is 2. The lowest BCUT2D eigenvalue weighted by molar-refractivity contribution is 0.262. The van der Waals surface area contributed by atoms with Crippen LogP contribution in [0.2, 0.25) is 0 Å². The van der Waals surface area contributed by atoms with Crippen molar-refractivity contribution >= 4 is 40.7 Å². The zero-order valence-corrected chi connectivity index (χ0v) is 20.5. The molecule has 2 aromatic carbocycles. The van der Waals surface area contributed by atoms with Crippen LogP contribution in [0.5, 0.6) is 0 Å². The van der Waals surface area contributed by atoms with E-state index in [1.165, 1.54) is 5.56 Å². The summed E-state index contributed by atoms with van der Waals surface area (Å²) in [5.74, 6) is 2.32. The summed E-state index contributed by atoms with van der Waals surface area (Å²) in [7, 11) is 0. The summed E-state index contributed by atoms with van der Waals surface area (Å²) < 4.78 is 0. The highest BCUT2D eigenvalue weighted by atomic mass is 16.2. The van der Waals surface area contributed by atoms with Crippen molar-refractivity contribution in [2.45, 2.75) is 40.5 Å². The molecule has 180 valence electrons. The van der Waals surface area contributed by atoms with Crippen LogP contribution in [0.25, 0.3) is 0 Å². The molecule has 4 aromatic rings. The molecule has 0 unspecified atom stereocenters. The van der Waals surface area contributed by atoms with E-state index in [1.807, 2.05) is 75.4 Å². The van der Waals surface area contributed by atoms with E-state index in [-0.39, 0.29) is 6.03 Å². The first-order valence-electron chi connectivity index (χ1n) is 11.5. The maximum atomic E-state index is 12.4. The van der Waals surface area contributed by atoms with Crippen LogP contribution in [0, 0.1) is 20.8 Å². The number of amides is 2. The number of hydrogen-bond acceptors (Lipinski definition) is 6. The molecule has 2 aromatic heterocycles. The minimum atomic E-state index is -0.297. The molecule has 9 nitrogen and oxygen atoms in total. The Morgan fingerprint density at radius 2 is 1.54 bits per heavy atom. The van der Waals surface area contributed by atoms with Crippen molar-refractivity contribution in [2.75, 3.05) is 21.3 Å². The van der Waals surface area contributed by atoms with Crippen LogP contribution in [0.15, 0.2) is 54.6 Å². The number of nitrogens with zero attached hydrogens (tertiary/aromatic N) is 3. The number of urea groups is 1. The van der Waals surface area contributed by atoms with Crippen molar-refractivity contribution in [2.24, 2.45) is 0 Å². The molecule has 4 rings (SSSR count). The summed E-state index contributed by atoms with van der Waals surface area (Å²) in [5.41, 5.74) is 6.14. The summed E-state index contributed by atoms with van der Waals surface area (Å²) in [6, 6.07) is 16.9. The first-order valence-corrected chi connectivity index (χ1v) is 11.5. The first-order chi connectivity index (χ1) is 16.7. The molecule has 5 N–H and O–H groups in total. The SMILES string of the molecule is Cc1cc(Nc2cc(C)nc(Nc3ccc(NC(=O)Nc4ccc(C(C)C)cc4)cc3C)n2)[nH]n1. The van der Waals surface area contributed by atoms with Crippen molar-refractivity contribution in [1.29, 1.82) is 0 Å². The maximum absolute atomic E-state index is 12.4. The zero-order chi connectivity index (χ0) is 24.9. The average Bonchev–Trinajstić information content (AvgIpc) is 3.20. The fraction of sp³-hybridized carbons (Fsp3) is 0.231. The molecule has 0 atom stereocenters. The normalized spacial score (nSPS) is 10.8. The Hall–Kier alpha value is -4.40. The van der Waals surface area contributed by atoms with Gasteiger partial charge in [-0.05, 0) is 68.1 Å². The molecule has 0 fully saturated rings. The molecule has 2 heterocycles. The molecule has 0 bridgehead atoms. The second-order valence-electron chi connectivity index (χ2n) is 8.78. The third-order valence-corrected chi connectivity index (χ3v) is 5.39. The lowest BCUT2D eigenvalue weighted by Gasteiger charge is -2.13. The Bertz CT molecular complexity index is 1330. The molecule has 0 aliphatic rings. The van der Waals surface area contributed by atoms with Gasteiger partial charge in [-0.1, -0.05) is 26.0 Å². The van der Waals surface area contributed by atoms with Crippen LogP contribution in [0.1, 0.15) is 42.3 Å². The fourth-order valence-corrected chi connectivity index (χ4v) is 3.56. The summed E-state index contributed by atoms with van der Waals surface area (Å²) in [5, 5.41) is 19.2. The van der Waals surface area contributed by atoms with Gasteiger partial charge in [0.2, 0.25) is 5.95 Å². The average molecular weight is 471 g/mol. The number of H-pyrrole nitrogens is 1. The minimum Gasteiger partial charge on any atom is -0.325 e. The summed E-state index contributed by atoms with van der Waals surface area (Å²) >= 11 is 0. The summed E-state index contributed by atoms with van der Waals surface area (Å²) in [4.78, 5) is 21.5. The molecule has 0 aliphatic carbocycles. The van der Waals surface area contributed by atoms with Gasteiger partial charge < -0.3 is 21.3 Å². The first kappa shape index (κ1) is 23.7. The maximum Gasteiger partial charge on any atom is 0.323 e. The summed E-state index contributed by atoms with van der Waals surface area (Å²) in [6.45, 7) is 10.1. The predicted molar refractivity (Wildman–Crippen MR) is 141 cm³/mol. The van der Waals surface area contributed by atoms with Crippen LogP contribution < -0.4 is 21.3 Å². The van der Waals surface area contributed by atoms with Gasteiger partial charge in [0.1, 0.15) is 11.6 Å². The molecule has 0 aliphatic heterocycles. The van der Waals surface area contributed by atoms with E-state index in [4.69, 9.17) is 0 Å². The Balaban J connectivity index is 1.40. The van der Waals surface area contributed by atoms with Gasteiger partial charge in [-0.25, -0.2) is 9.78 Å². The molecular formula is C26H30N8O. The molecule has 0 spiro atoms. The predicted octanol–water partition coefficient (Wildman–Crippen LogP) is 6.38. The van der Waals surface area contributed by atoms with Crippen LogP contribution in [-0.4, -0.2) is 26.2 Å². The highest BCUT2D eigenvalue weighted by Crippen LogP contribution is 2.24. The Morgan fingerprint density at radius 1 is 0.829 bits per heavy atom. The molecule has 35 heavy (non-hydrogen) atoms. The lowest BCUT2D eigenvalue weighted by Crippen LogP contribution is -2.19. The van der Waals surface area contributed by atoms with Gasteiger partial charge in [-0.15, -0.1) is 0 Å². The number of carbonyl (C=O) groups is 1. The lowest BCUT2D eigenvalue weighted by atomic mass is 10.0. The van der Waals surface area contributed by atoms with Crippen molar-refractivity contribution in [3.8, 4) is 0 Å². The zero-order valence-electron chi connectivity index (χ0n) is 20.5. The fourth-order valence-electron chi connectivity index (χ4n) is 3.56. The number of aromatic nitrogens is 4. The van der Waals surface area contributed by atoms with Crippen molar-refractivity contribution in [3.05, 3.63) is 77.1 Å². The van der Waals surface area contributed by atoms with E-state index in [0.29, 0.717) is 23.4 Å². The molecular weight excluding hydrogens is 440 g/mol. The van der Waals surface area contributed by atoms with Gasteiger partial charge in [-0.2, -0.15) is 10.1 Å². The second-order valence-corrected chi connectivity index (χ2v) is 8.78. The molecule has 2 amide bonds. The van der Waals surface area contributed by atoms with Gasteiger partial charge in [0.25, 0.3) is 0 Å². The van der Waals surface area contributed by atoms with E-state index < -0.39 is 0 Å². The van der Waals surface area contributed by atoms with E-state index in [2.05, 4.69) is 55.3 Å². The smallest absolute Gasteiger partial charge is 0.323 e. The van der Waals surface area contributed by atoms with Crippen molar-refractivity contribution in [3.63, 3.8) is 0 Å². The number of carbonyl (C=O) groups excluding carboxylic acids is 1. The molecule has 9 heteroatoms. The number of rotatable bonds is 7. The molecule has 0 saturated heterocycles. The second kappa shape index (κ2) is 10.3. The van der Waals surface area contributed by atoms with Crippen LogP contribution in [0.4, 0.5) is 39.4 Å². The number of aromatic amines is 1.